The predicted molar refractivity (Wildman–Crippen MR) is 40.7 cm³/mol. The van der Waals surface area contributed by atoms with Crippen LogP contribution in [0.25, 0.3) is 0 Å². The topological polar surface area (TPSA) is 37.4 Å². The maximum absolute atomic E-state index is 11.2. The molecule has 0 aromatic carbocycles. The normalized spacial score (nSPS) is 25.5. The molecule has 0 saturated heterocycles. The van der Waals surface area contributed by atoms with Crippen molar-refractivity contribution in [1.82, 2.24) is 4.90 Å². The summed E-state index contributed by atoms with van der Waals surface area (Å²) >= 11 is 0. The molecule has 3 nitrogen and oxygen atoms in total. The van der Waals surface area contributed by atoms with E-state index in [-0.39, 0.29) is 17.7 Å². The highest BCUT2D eigenvalue weighted by molar-refractivity contribution is 6.05. The number of hydrogen-bond acceptors (Lipinski definition) is 2. The third kappa shape index (κ3) is 1.18. The molecule has 0 aromatic rings. The summed E-state index contributed by atoms with van der Waals surface area (Å²) in [6.07, 6.45) is 1.51. The third-order valence-electron chi connectivity index (χ3n) is 2.07. The molecule has 60 valence electrons. The van der Waals surface area contributed by atoms with Crippen LogP contribution < -0.4 is 0 Å². The molecule has 11 heavy (non-hydrogen) atoms. The number of carbonyl (C=O) groups is 2. The molecule has 0 saturated carbocycles. The van der Waals surface area contributed by atoms with E-state index in [2.05, 4.69) is 0 Å². The lowest BCUT2D eigenvalue weighted by Crippen LogP contribution is -2.39. The zero-order valence-electron chi connectivity index (χ0n) is 6.92. The summed E-state index contributed by atoms with van der Waals surface area (Å²) in [7, 11) is 1.50. The Kier molecular flexibility index (Phi) is 1.81. The van der Waals surface area contributed by atoms with Crippen LogP contribution in [0.2, 0.25) is 0 Å². The lowest BCUT2D eigenvalue weighted by molar-refractivity contribution is -0.143. The maximum atomic E-state index is 11.2. The van der Waals surface area contributed by atoms with Gasteiger partial charge in [0.05, 0.1) is 5.92 Å². The van der Waals surface area contributed by atoms with Gasteiger partial charge in [0.1, 0.15) is 0 Å². The van der Waals surface area contributed by atoms with Crippen LogP contribution in [0.15, 0.2) is 11.6 Å². The van der Waals surface area contributed by atoms with Crippen molar-refractivity contribution in [2.24, 2.45) is 5.92 Å². The minimum atomic E-state index is -0.217. The SMILES string of the molecule is CC1=CC(=O)N(C)C(=O)C1C. The summed E-state index contributed by atoms with van der Waals surface area (Å²) in [5.74, 6) is -0.474. The Labute approximate surface area is 65.7 Å². The molecule has 1 aliphatic heterocycles. The summed E-state index contributed by atoms with van der Waals surface area (Å²) in [5, 5.41) is 0. The second-order valence-corrected chi connectivity index (χ2v) is 2.85. The summed E-state index contributed by atoms with van der Waals surface area (Å²) < 4.78 is 0. The largest absolute Gasteiger partial charge is 0.282 e. The molecule has 1 heterocycles. The van der Waals surface area contributed by atoms with Crippen LogP contribution in [0, 0.1) is 5.92 Å². The van der Waals surface area contributed by atoms with E-state index in [1.54, 1.807) is 13.8 Å². The van der Waals surface area contributed by atoms with Gasteiger partial charge in [0.15, 0.2) is 0 Å². The maximum Gasteiger partial charge on any atom is 0.252 e. The van der Waals surface area contributed by atoms with Gasteiger partial charge >= 0.3 is 0 Å². The van der Waals surface area contributed by atoms with Crippen LogP contribution >= 0.6 is 0 Å². The number of nitrogens with zero attached hydrogens (tertiary/aromatic N) is 1. The summed E-state index contributed by atoms with van der Waals surface area (Å²) in [5.41, 5.74) is 0.845. The minimum Gasteiger partial charge on any atom is -0.282 e. The van der Waals surface area contributed by atoms with Crippen LogP contribution in [0.1, 0.15) is 13.8 Å². The quantitative estimate of drug-likeness (QED) is 0.477. The monoisotopic (exact) mass is 153 g/mol. The summed E-state index contributed by atoms with van der Waals surface area (Å²) in [6.45, 7) is 3.60. The molecular weight excluding hydrogens is 142 g/mol. The van der Waals surface area contributed by atoms with Crippen molar-refractivity contribution in [3.8, 4) is 0 Å². The van der Waals surface area contributed by atoms with Crippen molar-refractivity contribution in [2.75, 3.05) is 7.05 Å². The van der Waals surface area contributed by atoms with Gasteiger partial charge in [-0.3, -0.25) is 14.5 Å². The van der Waals surface area contributed by atoms with Gasteiger partial charge in [-0.25, -0.2) is 0 Å². The summed E-state index contributed by atoms with van der Waals surface area (Å²) in [6, 6.07) is 0. The van der Waals surface area contributed by atoms with Gasteiger partial charge in [-0.1, -0.05) is 5.57 Å². The fourth-order valence-electron chi connectivity index (χ4n) is 1.01. The molecule has 2 amide bonds. The van der Waals surface area contributed by atoms with Crippen LogP contribution in [0.3, 0.4) is 0 Å². The Morgan fingerprint density at radius 1 is 1.45 bits per heavy atom. The Hall–Kier alpha value is -1.12. The lowest BCUT2D eigenvalue weighted by atomic mass is 9.97. The van der Waals surface area contributed by atoms with Crippen LogP contribution in [-0.4, -0.2) is 23.8 Å². The lowest BCUT2D eigenvalue weighted by Gasteiger charge is -2.23. The molecule has 0 radical (unpaired) electrons. The Bertz CT molecular complexity index is 242. The van der Waals surface area contributed by atoms with Crippen molar-refractivity contribution >= 4 is 11.8 Å². The first-order valence-electron chi connectivity index (χ1n) is 3.53. The smallest absolute Gasteiger partial charge is 0.252 e. The second kappa shape index (κ2) is 2.49. The Morgan fingerprint density at radius 3 is 2.55 bits per heavy atom. The van der Waals surface area contributed by atoms with Gasteiger partial charge in [0, 0.05) is 13.1 Å². The molecule has 3 heteroatoms. The second-order valence-electron chi connectivity index (χ2n) is 2.85. The molecule has 0 fully saturated rings. The first-order valence-corrected chi connectivity index (χ1v) is 3.53. The van der Waals surface area contributed by atoms with Crippen LogP contribution in [0.4, 0.5) is 0 Å². The van der Waals surface area contributed by atoms with E-state index in [1.165, 1.54) is 13.1 Å². The molecule has 0 aliphatic carbocycles. The van der Waals surface area contributed by atoms with Crippen LogP contribution in [-0.2, 0) is 9.59 Å². The fraction of sp³-hybridized carbons (Fsp3) is 0.500. The summed E-state index contributed by atoms with van der Waals surface area (Å²) in [4.78, 5) is 23.3. The van der Waals surface area contributed by atoms with Crippen molar-refractivity contribution in [3.05, 3.63) is 11.6 Å². The van der Waals surface area contributed by atoms with E-state index < -0.39 is 0 Å². The fourth-order valence-corrected chi connectivity index (χ4v) is 1.01. The van der Waals surface area contributed by atoms with E-state index in [1.807, 2.05) is 0 Å². The number of rotatable bonds is 0. The van der Waals surface area contributed by atoms with E-state index in [0.29, 0.717) is 0 Å². The molecule has 0 aromatic heterocycles. The average molecular weight is 153 g/mol. The number of carbonyl (C=O) groups excluding carboxylic acids is 2. The van der Waals surface area contributed by atoms with E-state index in [0.717, 1.165) is 10.5 Å². The molecule has 0 bridgehead atoms. The average Bonchev–Trinajstić information content (AvgIpc) is 1.97. The van der Waals surface area contributed by atoms with Gasteiger partial charge in [-0.15, -0.1) is 0 Å². The van der Waals surface area contributed by atoms with Gasteiger partial charge in [0.25, 0.3) is 5.91 Å². The van der Waals surface area contributed by atoms with E-state index >= 15 is 0 Å². The minimum absolute atomic E-state index is 0.116. The standard InChI is InChI=1S/C8H11NO2/c1-5-4-7(10)9(3)8(11)6(5)2/h4,6H,1-3H3. The first kappa shape index (κ1) is 7.98. The molecule has 0 N–H and O–H groups in total. The molecule has 1 atom stereocenters. The van der Waals surface area contributed by atoms with Gasteiger partial charge < -0.3 is 0 Å². The highest BCUT2D eigenvalue weighted by Crippen LogP contribution is 2.17. The van der Waals surface area contributed by atoms with Crippen molar-refractivity contribution in [2.45, 2.75) is 13.8 Å². The van der Waals surface area contributed by atoms with Crippen molar-refractivity contribution in [3.63, 3.8) is 0 Å². The highest BCUT2D eigenvalue weighted by Gasteiger charge is 2.27. The molecule has 0 spiro atoms. The highest BCUT2D eigenvalue weighted by atomic mass is 16.2. The zero-order chi connectivity index (χ0) is 8.59. The van der Waals surface area contributed by atoms with E-state index in [9.17, 15) is 9.59 Å². The van der Waals surface area contributed by atoms with Crippen molar-refractivity contribution < 1.29 is 9.59 Å². The number of imide groups is 1. The van der Waals surface area contributed by atoms with Crippen molar-refractivity contribution in [1.29, 1.82) is 0 Å². The number of hydrogen-bond donors (Lipinski definition) is 0. The molecule has 1 unspecified atom stereocenters. The van der Waals surface area contributed by atoms with Gasteiger partial charge in [-0.2, -0.15) is 0 Å². The predicted octanol–water partition coefficient (Wildman–Crippen LogP) is 0.567. The first-order chi connectivity index (χ1) is 5.04. The number of likely N-dealkylation sites (N-methyl/N-ethyl adjacent to an activating group) is 1. The molecule has 1 aliphatic rings. The third-order valence-corrected chi connectivity index (χ3v) is 2.07. The molecule has 1 rings (SSSR count). The molecular formula is C8H11NO2. The van der Waals surface area contributed by atoms with Gasteiger partial charge in [0.2, 0.25) is 5.91 Å². The Balaban J connectivity index is 3.01. The zero-order valence-corrected chi connectivity index (χ0v) is 6.92. The van der Waals surface area contributed by atoms with E-state index in [4.69, 9.17) is 0 Å². The van der Waals surface area contributed by atoms with Crippen LogP contribution in [0.5, 0.6) is 0 Å². The number of amides is 2. The van der Waals surface area contributed by atoms with Gasteiger partial charge in [-0.05, 0) is 13.8 Å². The Morgan fingerprint density at radius 2 is 2.00 bits per heavy atom.